The van der Waals surface area contributed by atoms with Crippen LogP contribution in [0.25, 0.3) is 10.9 Å². The minimum absolute atomic E-state index is 0.128. The molecule has 4 heteroatoms. The molecule has 0 bridgehead atoms. The lowest BCUT2D eigenvalue weighted by Crippen LogP contribution is -2.47. The second kappa shape index (κ2) is 6.31. The number of carbonyl (C=O) groups excluding carboxylic acids is 1. The summed E-state index contributed by atoms with van der Waals surface area (Å²) in [6.45, 7) is 5.38. The highest BCUT2D eigenvalue weighted by atomic mass is 16.1. The standard InChI is InChI=1S/C17H23N3O/c1-2-20-9-5-6-14(12-20)19-17(21)10-13-11-18-16-8-4-3-7-15(13)16/h3-4,7-8,11,14,18H,2,5-6,9-10,12H2,1H3,(H,19,21). The third-order valence-corrected chi connectivity index (χ3v) is 4.34. The van der Waals surface area contributed by atoms with E-state index in [9.17, 15) is 4.79 Å². The second-order valence-electron chi connectivity index (χ2n) is 5.84. The van der Waals surface area contributed by atoms with Crippen molar-refractivity contribution in [2.75, 3.05) is 19.6 Å². The zero-order valence-corrected chi connectivity index (χ0v) is 12.6. The molecule has 0 spiro atoms. The van der Waals surface area contributed by atoms with Crippen molar-refractivity contribution in [3.05, 3.63) is 36.0 Å². The number of fused-ring (bicyclic) bond motifs is 1. The summed E-state index contributed by atoms with van der Waals surface area (Å²) in [7, 11) is 0. The predicted molar refractivity (Wildman–Crippen MR) is 85.3 cm³/mol. The van der Waals surface area contributed by atoms with Crippen LogP contribution in [0.3, 0.4) is 0 Å². The molecule has 1 amide bonds. The molecule has 3 rings (SSSR count). The highest BCUT2D eigenvalue weighted by Crippen LogP contribution is 2.18. The van der Waals surface area contributed by atoms with E-state index >= 15 is 0 Å². The highest BCUT2D eigenvalue weighted by Gasteiger charge is 2.20. The maximum Gasteiger partial charge on any atom is 0.224 e. The van der Waals surface area contributed by atoms with Crippen LogP contribution in [-0.2, 0) is 11.2 Å². The molecule has 1 aliphatic heterocycles. The Balaban J connectivity index is 1.61. The van der Waals surface area contributed by atoms with Crippen LogP contribution < -0.4 is 5.32 Å². The molecule has 1 aliphatic rings. The first-order valence-electron chi connectivity index (χ1n) is 7.83. The van der Waals surface area contributed by atoms with Crippen LogP contribution in [0.1, 0.15) is 25.3 Å². The number of likely N-dealkylation sites (N-methyl/N-ethyl adjacent to an activating group) is 1. The Morgan fingerprint density at radius 1 is 1.43 bits per heavy atom. The van der Waals surface area contributed by atoms with Crippen LogP contribution in [0, 0.1) is 0 Å². The summed E-state index contributed by atoms with van der Waals surface area (Å²) >= 11 is 0. The van der Waals surface area contributed by atoms with Gasteiger partial charge in [-0.05, 0) is 37.6 Å². The summed E-state index contributed by atoms with van der Waals surface area (Å²) in [6, 6.07) is 8.42. The minimum atomic E-state index is 0.128. The fourth-order valence-corrected chi connectivity index (χ4v) is 3.19. The van der Waals surface area contributed by atoms with Crippen LogP contribution in [0.4, 0.5) is 0 Å². The van der Waals surface area contributed by atoms with Gasteiger partial charge in [0.15, 0.2) is 0 Å². The highest BCUT2D eigenvalue weighted by molar-refractivity contribution is 5.88. The Morgan fingerprint density at radius 3 is 3.14 bits per heavy atom. The molecule has 1 fully saturated rings. The van der Waals surface area contributed by atoms with Crippen molar-refractivity contribution in [3.8, 4) is 0 Å². The molecule has 1 unspecified atom stereocenters. The molecule has 2 heterocycles. The topological polar surface area (TPSA) is 48.1 Å². The number of nitrogens with one attached hydrogen (secondary N) is 2. The first-order valence-corrected chi connectivity index (χ1v) is 7.83. The van der Waals surface area contributed by atoms with Gasteiger partial charge in [0.2, 0.25) is 5.91 Å². The molecular weight excluding hydrogens is 262 g/mol. The van der Waals surface area contributed by atoms with Gasteiger partial charge in [0.1, 0.15) is 0 Å². The Bertz CT molecular complexity index is 619. The second-order valence-corrected chi connectivity index (χ2v) is 5.84. The van der Waals surface area contributed by atoms with E-state index in [1.807, 2.05) is 24.4 Å². The Kier molecular flexibility index (Phi) is 4.25. The van der Waals surface area contributed by atoms with E-state index in [0.717, 1.165) is 42.5 Å². The zero-order chi connectivity index (χ0) is 14.7. The Labute approximate surface area is 125 Å². The molecule has 112 valence electrons. The third-order valence-electron chi connectivity index (χ3n) is 4.34. The summed E-state index contributed by atoms with van der Waals surface area (Å²) in [4.78, 5) is 17.9. The average molecular weight is 285 g/mol. The van der Waals surface area contributed by atoms with Crippen molar-refractivity contribution in [1.82, 2.24) is 15.2 Å². The van der Waals surface area contributed by atoms with Crippen molar-refractivity contribution in [2.45, 2.75) is 32.2 Å². The quantitative estimate of drug-likeness (QED) is 0.905. The van der Waals surface area contributed by atoms with E-state index < -0.39 is 0 Å². The van der Waals surface area contributed by atoms with Gasteiger partial charge in [0.25, 0.3) is 0 Å². The van der Waals surface area contributed by atoms with Gasteiger partial charge in [-0.15, -0.1) is 0 Å². The molecule has 1 saturated heterocycles. The van der Waals surface area contributed by atoms with Crippen LogP contribution in [0.2, 0.25) is 0 Å². The molecule has 1 atom stereocenters. The number of nitrogens with zero attached hydrogens (tertiary/aromatic N) is 1. The molecule has 2 aromatic rings. The number of aromatic nitrogens is 1. The normalized spacial score (nSPS) is 19.8. The molecule has 0 saturated carbocycles. The van der Waals surface area contributed by atoms with E-state index in [2.05, 4.69) is 28.2 Å². The summed E-state index contributed by atoms with van der Waals surface area (Å²) < 4.78 is 0. The molecule has 2 N–H and O–H groups in total. The van der Waals surface area contributed by atoms with Gasteiger partial charge in [-0.2, -0.15) is 0 Å². The van der Waals surface area contributed by atoms with Gasteiger partial charge in [0, 0.05) is 29.7 Å². The number of H-pyrrole nitrogens is 1. The number of carbonyl (C=O) groups is 1. The lowest BCUT2D eigenvalue weighted by atomic mass is 10.0. The monoisotopic (exact) mass is 285 g/mol. The smallest absolute Gasteiger partial charge is 0.224 e. The number of likely N-dealkylation sites (tertiary alicyclic amines) is 1. The van der Waals surface area contributed by atoms with Gasteiger partial charge >= 0.3 is 0 Å². The number of piperidine rings is 1. The van der Waals surface area contributed by atoms with E-state index in [1.165, 1.54) is 6.42 Å². The van der Waals surface area contributed by atoms with E-state index in [4.69, 9.17) is 0 Å². The minimum Gasteiger partial charge on any atom is -0.361 e. The fraction of sp³-hybridized carbons (Fsp3) is 0.471. The number of hydrogen-bond acceptors (Lipinski definition) is 2. The molecular formula is C17H23N3O. The largest absolute Gasteiger partial charge is 0.361 e. The van der Waals surface area contributed by atoms with Gasteiger partial charge in [-0.25, -0.2) is 0 Å². The van der Waals surface area contributed by atoms with Gasteiger partial charge in [-0.3, -0.25) is 4.79 Å². The number of rotatable bonds is 4. The first-order chi connectivity index (χ1) is 10.3. The zero-order valence-electron chi connectivity index (χ0n) is 12.6. The number of para-hydroxylation sites is 1. The van der Waals surface area contributed by atoms with Crippen molar-refractivity contribution < 1.29 is 4.79 Å². The molecule has 1 aromatic heterocycles. The fourth-order valence-electron chi connectivity index (χ4n) is 3.19. The number of hydrogen-bond donors (Lipinski definition) is 2. The molecule has 0 radical (unpaired) electrons. The van der Waals surface area contributed by atoms with Gasteiger partial charge in [0.05, 0.1) is 6.42 Å². The van der Waals surface area contributed by atoms with Gasteiger partial charge in [-0.1, -0.05) is 25.1 Å². The summed E-state index contributed by atoms with van der Waals surface area (Å²) in [6.07, 6.45) is 4.66. The maximum atomic E-state index is 12.3. The molecule has 21 heavy (non-hydrogen) atoms. The van der Waals surface area contributed by atoms with E-state index in [-0.39, 0.29) is 5.91 Å². The predicted octanol–water partition coefficient (Wildman–Crippen LogP) is 2.31. The van der Waals surface area contributed by atoms with Crippen molar-refractivity contribution in [1.29, 1.82) is 0 Å². The van der Waals surface area contributed by atoms with Crippen molar-refractivity contribution >= 4 is 16.8 Å². The van der Waals surface area contributed by atoms with Crippen LogP contribution >= 0.6 is 0 Å². The molecule has 1 aromatic carbocycles. The number of aromatic amines is 1. The Morgan fingerprint density at radius 2 is 2.29 bits per heavy atom. The molecule has 0 aliphatic carbocycles. The molecule has 4 nitrogen and oxygen atoms in total. The van der Waals surface area contributed by atoms with Crippen LogP contribution in [0.5, 0.6) is 0 Å². The lowest BCUT2D eigenvalue weighted by Gasteiger charge is -2.32. The number of amides is 1. The van der Waals surface area contributed by atoms with Crippen molar-refractivity contribution in [2.24, 2.45) is 0 Å². The maximum absolute atomic E-state index is 12.3. The summed E-state index contributed by atoms with van der Waals surface area (Å²) in [5, 5.41) is 4.34. The van der Waals surface area contributed by atoms with E-state index in [0.29, 0.717) is 12.5 Å². The summed E-state index contributed by atoms with van der Waals surface area (Å²) in [5.41, 5.74) is 2.17. The van der Waals surface area contributed by atoms with Gasteiger partial charge < -0.3 is 15.2 Å². The average Bonchev–Trinajstić information content (AvgIpc) is 2.91. The third kappa shape index (κ3) is 3.27. The lowest BCUT2D eigenvalue weighted by molar-refractivity contribution is -0.121. The Hall–Kier alpha value is -1.81. The van der Waals surface area contributed by atoms with Crippen LogP contribution in [-0.4, -0.2) is 41.5 Å². The number of benzene rings is 1. The van der Waals surface area contributed by atoms with Crippen molar-refractivity contribution in [3.63, 3.8) is 0 Å². The van der Waals surface area contributed by atoms with Crippen LogP contribution in [0.15, 0.2) is 30.5 Å². The SMILES string of the molecule is CCN1CCCC(NC(=O)Cc2c[nH]c3ccccc23)C1. The summed E-state index contributed by atoms with van der Waals surface area (Å²) in [5.74, 6) is 0.128. The van der Waals surface area contributed by atoms with E-state index in [1.54, 1.807) is 0 Å². The first kappa shape index (κ1) is 14.1.